The largest absolute Gasteiger partial charge is 0.497 e. The van der Waals surface area contributed by atoms with Gasteiger partial charge in [-0.25, -0.2) is 0 Å². The van der Waals surface area contributed by atoms with Crippen molar-refractivity contribution in [1.82, 2.24) is 9.88 Å². The number of rotatable bonds is 8. The SMILES string of the molecule is COc1ccc2[nH]c(CO)c(CCCCN3CC=C(c4ccccc4)CC3)c2c1. The van der Waals surface area contributed by atoms with E-state index >= 15 is 0 Å². The topological polar surface area (TPSA) is 48.5 Å². The number of benzene rings is 2. The molecule has 2 aromatic carbocycles. The maximum absolute atomic E-state index is 9.75. The second kappa shape index (κ2) is 9.29. The van der Waals surface area contributed by atoms with Gasteiger partial charge in [0.2, 0.25) is 0 Å². The number of aliphatic hydroxyl groups excluding tert-OH is 1. The van der Waals surface area contributed by atoms with Crippen molar-refractivity contribution in [2.45, 2.75) is 32.3 Å². The summed E-state index contributed by atoms with van der Waals surface area (Å²) in [6, 6.07) is 16.8. The van der Waals surface area contributed by atoms with Crippen LogP contribution in [-0.2, 0) is 13.0 Å². The van der Waals surface area contributed by atoms with Gasteiger partial charge in [0.1, 0.15) is 5.75 Å². The lowest BCUT2D eigenvalue weighted by molar-refractivity contribution is 0.276. The number of aliphatic hydroxyl groups is 1. The van der Waals surface area contributed by atoms with E-state index in [4.69, 9.17) is 4.74 Å². The van der Waals surface area contributed by atoms with E-state index in [1.807, 2.05) is 12.1 Å². The predicted octanol–water partition coefficient (Wildman–Crippen LogP) is 4.78. The Hall–Kier alpha value is -2.56. The quantitative estimate of drug-likeness (QED) is 0.544. The molecule has 2 heterocycles. The first kappa shape index (κ1) is 19.7. The number of aromatic nitrogens is 1. The molecular weight excluding hydrogens is 360 g/mol. The summed E-state index contributed by atoms with van der Waals surface area (Å²) in [6.45, 7) is 3.34. The first-order chi connectivity index (χ1) is 14.3. The zero-order valence-corrected chi connectivity index (χ0v) is 17.2. The van der Waals surface area contributed by atoms with Crippen molar-refractivity contribution in [2.75, 3.05) is 26.7 Å². The molecule has 1 aromatic heterocycles. The smallest absolute Gasteiger partial charge is 0.119 e. The van der Waals surface area contributed by atoms with Crippen molar-refractivity contribution in [2.24, 2.45) is 0 Å². The first-order valence-electron chi connectivity index (χ1n) is 10.5. The number of hydrogen-bond donors (Lipinski definition) is 2. The molecule has 0 saturated heterocycles. The highest BCUT2D eigenvalue weighted by molar-refractivity contribution is 5.86. The van der Waals surface area contributed by atoms with Crippen LogP contribution in [0.25, 0.3) is 16.5 Å². The van der Waals surface area contributed by atoms with Gasteiger partial charge in [-0.15, -0.1) is 0 Å². The van der Waals surface area contributed by atoms with E-state index in [-0.39, 0.29) is 6.61 Å². The van der Waals surface area contributed by atoms with Crippen LogP contribution in [0.15, 0.2) is 54.6 Å². The van der Waals surface area contributed by atoms with Gasteiger partial charge in [0, 0.05) is 29.7 Å². The lowest BCUT2D eigenvalue weighted by atomic mass is 9.99. The second-order valence-corrected chi connectivity index (χ2v) is 7.75. The maximum atomic E-state index is 9.75. The molecule has 0 aliphatic carbocycles. The fourth-order valence-corrected chi connectivity index (χ4v) is 4.30. The average molecular weight is 391 g/mol. The molecule has 29 heavy (non-hydrogen) atoms. The first-order valence-corrected chi connectivity index (χ1v) is 10.5. The molecule has 1 aliphatic heterocycles. The zero-order chi connectivity index (χ0) is 20.1. The molecule has 0 atom stereocenters. The Morgan fingerprint density at radius 3 is 2.69 bits per heavy atom. The summed E-state index contributed by atoms with van der Waals surface area (Å²) < 4.78 is 5.38. The molecule has 0 saturated carbocycles. The number of ether oxygens (including phenoxy) is 1. The number of hydrogen-bond acceptors (Lipinski definition) is 3. The molecule has 152 valence electrons. The van der Waals surface area contributed by atoms with E-state index in [0.717, 1.165) is 62.3 Å². The van der Waals surface area contributed by atoms with Crippen LogP contribution in [-0.4, -0.2) is 41.7 Å². The molecule has 4 rings (SSSR count). The van der Waals surface area contributed by atoms with Gasteiger partial charge < -0.3 is 14.8 Å². The summed E-state index contributed by atoms with van der Waals surface area (Å²) >= 11 is 0. The number of methoxy groups -OCH3 is 1. The number of fused-ring (bicyclic) bond motifs is 1. The average Bonchev–Trinajstić information content (AvgIpc) is 3.14. The summed E-state index contributed by atoms with van der Waals surface area (Å²) in [4.78, 5) is 5.89. The molecule has 0 bridgehead atoms. The van der Waals surface area contributed by atoms with Crippen LogP contribution in [0, 0.1) is 0 Å². The summed E-state index contributed by atoms with van der Waals surface area (Å²) in [5.41, 5.74) is 6.06. The van der Waals surface area contributed by atoms with Crippen LogP contribution >= 0.6 is 0 Å². The monoisotopic (exact) mass is 390 g/mol. The zero-order valence-electron chi connectivity index (χ0n) is 17.2. The van der Waals surface area contributed by atoms with Crippen LogP contribution in [0.5, 0.6) is 5.75 Å². The Kier molecular flexibility index (Phi) is 6.33. The number of aromatic amines is 1. The Morgan fingerprint density at radius 2 is 1.97 bits per heavy atom. The van der Waals surface area contributed by atoms with E-state index < -0.39 is 0 Å². The van der Waals surface area contributed by atoms with Gasteiger partial charge in [-0.3, -0.25) is 4.90 Å². The minimum atomic E-state index is 0.0471. The van der Waals surface area contributed by atoms with Crippen molar-refractivity contribution >= 4 is 16.5 Å². The van der Waals surface area contributed by atoms with Gasteiger partial charge >= 0.3 is 0 Å². The number of nitrogens with zero attached hydrogens (tertiary/aromatic N) is 1. The van der Waals surface area contributed by atoms with Gasteiger partial charge in [0.05, 0.1) is 13.7 Å². The van der Waals surface area contributed by atoms with Crippen LogP contribution in [0.4, 0.5) is 0 Å². The van der Waals surface area contributed by atoms with E-state index in [1.54, 1.807) is 7.11 Å². The van der Waals surface area contributed by atoms with Crippen molar-refractivity contribution in [3.63, 3.8) is 0 Å². The summed E-state index contributed by atoms with van der Waals surface area (Å²) in [5, 5.41) is 10.9. The molecule has 4 heteroatoms. The third-order valence-corrected chi connectivity index (χ3v) is 5.95. The molecule has 0 spiro atoms. The van der Waals surface area contributed by atoms with E-state index in [0.29, 0.717) is 0 Å². The Morgan fingerprint density at radius 1 is 1.10 bits per heavy atom. The molecule has 0 radical (unpaired) electrons. The highest BCUT2D eigenvalue weighted by atomic mass is 16.5. The normalized spacial score (nSPS) is 14.9. The van der Waals surface area contributed by atoms with Gasteiger partial charge in [0.25, 0.3) is 0 Å². The van der Waals surface area contributed by atoms with Crippen LogP contribution in [0.2, 0.25) is 0 Å². The van der Waals surface area contributed by atoms with Crippen molar-refractivity contribution in [3.05, 3.63) is 71.4 Å². The third-order valence-electron chi connectivity index (χ3n) is 5.95. The number of unbranched alkanes of at least 4 members (excludes halogenated alkanes) is 1. The fraction of sp³-hybridized carbons (Fsp3) is 0.360. The molecule has 1 aliphatic rings. The van der Waals surface area contributed by atoms with E-state index in [1.165, 1.54) is 22.1 Å². The number of H-pyrrole nitrogens is 1. The van der Waals surface area contributed by atoms with E-state index in [9.17, 15) is 5.11 Å². The predicted molar refractivity (Wildman–Crippen MR) is 119 cm³/mol. The molecule has 0 fully saturated rings. The van der Waals surface area contributed by atoms with Gasteiger partial charge in [0.15, 0.2) is 0 Å². The van der Waals surface area contributed by atoms with E-state index in [2.05, 4.69) is 52.4 Å². The highest BCUT2D eigenvalue weighted by Gasteiger charge is 2.14. The summed E-state index contributed by atoms with van der Waals surface area (Å²) in [5.74, 6) is 0.858. The van der Waals surface area contributed by atoms with Crippen molar-refractivity contribution < 1.29 is 9.84 Å². The standard InChI is InChI=1S/C25H30N2O2/c1-29-21-10-11-24-23(17-21)22(25(18-28)26-24)9-5-6-14-27-15-12-20(13-16-27)19-7-3-2-4-8-19/h2-4,7-8,10-12,17,26,28H,5-6,9,13-16,18H2,1H3. The minimum Gasteiger partial charge on any atom is -0.497 e. The Balaban J connectivity index is 1.32. The minimum absolute atomic E-state index is 0.0471. The third kappa shape index (κ3) is 4.55. The Bertz CT molecular complexity index is 975. The van der Waals surface area contributed by atoms with Crippen molar-refractivity contribution in [3.8, 4) is 5.75 Å². The van der Waals surface area contributed by atoms with Gasteiger partial charge in [-0.2, -0.15) is 0 Å². The van der Waals surface area contributed by atoms with Gasteiger partial charge in [-0.1, -0.05) is 36.4 Å². The number of nitrogens with one attached hydrogen (secondary N) is 1. The molecular formula is C25H30N2O2. The molecule has 0 amide bonds. The highest BCUT2D eigenvalue weighted by Crippen LogP contribution is 2.28. The molecule has 4 nitrogen and oxygen atoms in total. The molecule has 2 N–H and O–H groups in total. The number of aryl methyl sites for hydroxylation is 1. The van der Waals surface area contributed by atoms with Crippen LogP contribution in [0.1, 0.15) is 36.1 Å². The summed E-state index contributed by atoms with van der Waals surface area (Å²) in [6.07, 6.45) is 6.76. The molecule has 0 unspecified atom stereocenters. The van der Waals surface area contributed by atoms with Crippen LogP contribution < -0.4 is 4.74 Å². The maximum Gasteiger partial charge on any atom is 0.119 e. The van der Waals surface area contributed by atoms with Crippen molar-refractivity contribution in [1.29, 1.82) is 0 Å². The second-order valence-electron chi connectivity index (χ2n) is 7.75. The Labute approximate surface area is 172 Å². The lowest BCUT2D eigenvalue weighted by Crippen LogP contribution is -2.29. The van der Waals surface area contributed by atoms with Gasteiger partial charge in [-0.05, 0) is 67.1 Å². The van der Waals surface area contributed by atoms with Crippen LogP contribution in [0.3, 0.4) is 0 Å². The summed E-state index contributed by atoms with van der Waals surface area (Å²) in [7, 11) is 1.69. The fourth-order valence-electron chi connectivity index (χ4n) is 4.30. The lowest BCUT2D eigenvalue weighted by Gasteiger charge is -2.26. The molecule has 3 aromatic rings.